The van der Waals surface area contributed by atoms with Crippen molar-refractivity contribution in [3.8, 4) is 5.75 Å². The molecule has 1 fully saturated rings. The van der Waals surface area contributed by atoms with Gasteiger partial charge in [-0.3, -0.25) is 9.58 Å². The van der Waals surface area contributed by atoms with Crippen molar-refractivity contribution in [2.45, 2.75) is 59.3 Å². The van der Waals surface area contributed by atoms with Crippen LogP contribution in [0.15, 0.2) is 24.4 Å². The molecule has 3 rings (SSSR count). The summed E-state index contributed by atoms with van der Waals surface area (Å²) < 4.78 is 7.63. The monoisotopic (exact) mass is 356 g/mol. The van der Waals surface area contributed by atoms with E-state index in [9.17, 15) is 0 Å². The summed E-state index contributed by atoms with van der Waals surface area (Å²) in [5.74, 6) is 0.994. The number of nitrogens with zero attached hydrogens (tertiary/aromatic N) is 3. The summed E-state index contributed by atoms with van der Waals surface area (Å²) in [5, 5.41) is 8.10. The first-order valence-corrected chi connectivity index (χ1v) is 9.76. The number of benzene rings is 1. The van der Waals surface area contributed by atoms with Gasteiger partial charge in [-0.25, -0.2) is 0 Å². The molecule has 2 aromatic rings. The van der Waals surface area contributed by atoms with E-state index in [1.807, 2.05) is 6.20 Å². The molecule has 1 unspecified atom stereocenters. The molecule has 0 amide bonds. The number of methoxy groups -OCH3 is 1. The molecule has 1 aliphatic rings. The summed E-state index contributed by atoms with van der Waals surface area (Å²) in [6.45, 7) is 11.6. The average Bonchev–Trinajstić information content (AvgIpc) is 3.29. The molecular formula is C21H32N4O. The molecule has 0 spiro atoms. The van der Waals surface area contributed by atoms with E-state index in [1.165, 1.54) is 48.3 Å². The van der Waals surface area contributed by atoms with Gasteiger partial charge in [-0.1, -0.05) is 6.07 Å². The molecule has 1 aromatic carbocycles. The number of rotatable bonds is 8. The number of nitrogens with one attached hydrogen (secondary N) is 1. The molecule has 0 bridgehead atoms. The van der Waals surface area contributed by atoms with Crippen LogP contribution in [0.25, 0.3) is 0 Å². The lowest BCUT2D eigenvalue weighted by molar-refractivity contribution is 0.320. The largest absolute Gasteiger partial charge is 0.496 e. The van der Waals surface area contributed by atoms with Crippen molar-refractivity contribution in [1.82, 2.24) is 20.0 Å². The van der Waals surface area contributed by atoms with Crippen molar-refractivity contribution < 1.29 is 4.74 Å². The highest BCUT2D eigenvalue weighted by Crippen LogP contribution is 2.24. The van der Waals surface area contributed by atoms with Gasteiger partial charge < -0.3 is 10.1 Å². The van der Waals surface area contributed by atoms with Crippen LogP contribution in [0.3, 0.4) is 0 Å². The van der Waals surface area contributed by atoms with Crippen LogP contribution in [0.1, 0.15) is 55.1 Å². The summed E-state index contributed by atoms with van der Waals surface area (Å²) in [5.41, 5.74) is 5.11. The van der Waals surface area contributed by atoms with Crippen molar-refractivity contribution in [2.75, 3.05) is 20.2 Å². The van der Waals surface area contributed by atoms with Crippen LogP contribution in [0, 0.1) is 6.92 Å². The van der Waals surface area contributed by atoms with Gasteiger partial charge in [0.15, 0.2) is 0 Å². The number of aryl methyl sites for hydroxylation is 1. The Labute approximate surface area is 157 Å². The highest BCUT2D eigenvalue weighted by atomic mass is 16.5. The maximum Gasteiger partial charge on any atom is 0.123 e. The Hall–Kier alpha value is -1.85. The molecule has 0 radical (unpaired) electrons. The molecule has 1 atom stereocenters. The van der Waals surface area contributed by atoms with Gasteiger partial charge in [0.05, 0.1) is 13.3 Å². The highest BCUT2D eigenvalue weighted by Gasteiger charge is 2.16. The molecule has 142 valence electrons. The predicted molar refractivity (Wildman–Crippen MR) is 105 cm³/mol. The minimum atomic E-state index is 0.277. The number of aromatic nitrogens is 2. The topological polar surface area (TPSA) is 42.3 Å². The fourth-order valence-corrected chi connectivity index (χ4v) is 3.83. The molecule has 0 aliphatic carbocycles. The molecule has 5 nitrogen and oxygen atoms in total. The van der Waals surface area contributed by atoms with Crippen LogP contribution in [-0.2, 0) is 19.6 Å². The first-order valence-electron chi connectivity index (χ1n) is 9.76. The second-order valence-corrected chi connectivity index (χ2v) is 7.23. The zero-order valence-electron chi connectivity index (χ0n) is 16.6. The van der Waals surface area contributed by atoms with E-state index in [0.29, 0.717) is 0 Å². The Morgan fingerprint density at radius 3 is 2.69 bits per heavy atom. The molecule has 1 saturated heterocycles. The zero-order valence-corrected chi connectivity index (χ0v) is 16.6. The van der Waals surface area contributed by atoms with E-state index < -0.39 is 0 Å². The standard InChI is InChI=1S/C21H32N4O/c1-5-25-17(3)20(14-23-25)16(2)22-13-18-8-9-21(26-4)19(12-18)15-24-10-6-7-11-24/h8-9,12,14,16,22H,5-7,10-11,13,15H2,1-4H3. The van der Waals surface area contributed by atoms with Crippen LogP contribution in [0.5, 0.6) is 5.75 Å². The van der Waals surface area contributed by atoms with E-state index >= 15 is 0 Å². The molecule has 2 heterocycles. The quantitative estimate of drug-likeness (QED) is 0.784. The second-order valence-electron chi connectivity index (χ2n) is 7.23. The molecule has 1 N–H and O–H groups in total. The normalized spacial score (nSPS) is 16.2. The van der Waals surface area contributed by atoms with Crippen molar-refractivity contribution >= 4 is 0 Å². The summed E-state index contributed by atoms with van der Waals surface area (Å²) in [7, 11) is 1.76. The molecule has 0 saturated carbocycles. The number of hydrogen-bond donors (Lipinski definition) is 1. The van der Waals surface area contributed by atoms with Gasteiger partial charge in [-0.05, 0) is 64.4 Å². The molecular weight excluding hydrogens is 324 g/mol. The Bertz CT molecular complexity index is 719. The van der Waals surface area contributed by atoms with Gasteiger partial charge in [0.25, 0.3) is 0 Å². The lowest BCUT2D eigenvalue weighted by atomic mass is 10.1. The maximum atomic E-state index is 5.58. The highest BCUT2D eigenvalue weighted by molar-refractivity contribution is 5.37. The SMILES string of the molecule is CCn1ncc(C(C)NCc2ccc(OC)c(CN3CCCC3)c2)c1C. The molecule has 1 aromatic heterocycles. The lowest BCUT2D eigenvalue weighted by Gasteiger charge is -2.19. The summed E-state index contributed by atoms with van der Waals surface area (Å²) >= 11 is 0. The third kappa shape index (κ3) is 4.27. The smallest absolute Gasteiger partial charge is 0.123 e. The van der Waals surface area contributed by atoms with Crippen LogP contribution < -0.4 is 10.1 Å². The third-order valence-corrected chi connectivity index (χ3v) is 5.46. The van der Waals surface area contributed by atoms with E-state index in [0.717, 1.165) is 25.4 Å². The third-order valence-electron chi connectivity index (χ3n) is 5.46. The minimum Gasteiger partial charge on any atom is -0.496 e. The van der Waals surface area contributed by atoms with Gasteiger partial charge in [0, 0.05) is 42.5 Å². The van der Waals surface area contributed by atoms with Crippen LogP contribution in [0.2, 0.25) is 0 Å². The minimum absolute atomic E-state index is 0.277. The Kier molecular flexibility index (Phi) is 6.33. The van der Waals surface area contributed by atoms with Crippen LogP contribution in [-0.4, -0.2) is 34.9 Å². The zero-order chi connectivity index (χ0) is 18.5. The van der Waals surface area contributed by atoms with E-state index in [1.54, 1.807) is 7.11 Å². The van der Waals surface area contributed by atoms with Gasteiger partial charge in [0.1, 0.15) is 5.75 Å². The molecule has 26 heavy (non-hydrogen) atoms. The molecule has 5 heteroatoms. The summed E-state index contributed by atoms with van der Waals surface area (Å²) in [4.78, 5) is 2.51. The Balaban J connectivity index is 1.66. The van der Waals surface area contributed by atoms with Gasteiger partial charge >= 0.3 is 0 Å². The van der Waals surface area contributed by atoms with Gasteiger partial charge in [-0.15, -0.1) is 0 Å². The first kappa shape index (κ1) is 18.9. The maximum absolute atomic E-state index is 5.58. The first-order chi connectivity index (χ1) is 12.6. The van der Waals surface area contributed by atoms with Crippen molar-refractivity contribution in [2.24, 2.45) is 0 Å². The Morgan fingerprint density at radius 1 is 1.27 bits per heavy atom. The summed E-state index contributed by atoms with van der Waals surface area (Å²) in [6.07, 6.45) is 4.61. The molecule has 1 aliphatic heterocycles. The number of ether oxygens (including phenoxy) is 1. The average molecular weight is 357 g/mol. The van der Waals surface area contributed by atoms with Gasteiger partial charge in [-0.2, -0.15) is 5.10 Å². The van der Waals surface area contributed by atoms with Crippen LogP contribution >= 0.6 is 0 Å². The van der Waals surface area contributed by atoms with E-state index in [-0.39, 0.29) is 6.04 Å². The van der Waals surface area contributed by atoms with Gasteiger partial charge in [0.2, 0.25) is 0 Å². The summed E-state index contributed by atoms with van der Waals surface area (Å²) in [6, 6.07) is 6.83. The fraction of sp³-hybridized carbons (Fsp3) is 0.571. The predicted octanol–water partition coefficient (Wildman–Crippen LogP) is 3.67. The van der Waals surface area contributed by atoms with Crippen molar-refractivity contribution in [3.05, 3.63) is 46.8 Å². The second kappa shape index (κ2) is 8.69. The number of likely N-dealkylation sites (tertiary alicyclic amines) is 1. The van der Waals surface area contributed by atoms with Crippen molar-refractivity contribution in [1.29, 1.82) is 0 Å². The number of hydrogen-bond acceptors (Lipinski definition) is 4. The van der Waals surface area contributed by atoms with Crippen LogP contribution in [0.4, 0.5) is 0 Å². The lowest BCUT2D eigenvalue weighted by Crippen LogP contribution is -2.20. The fourth-order valence-electron chi connectivity index (χ4n) is 3.83. The van der Waals surface area contributed by atoms with E-state index in [4.69, 9.17) is 4.74 Å². The Morgan fingerprint density at radius 2 is 2.04 bits per heavy atom. The van der Waals surface area contributed by atoms with E-state index in [2.05, 4.69) is 59.0 Å². The van der Waals surface area contributed by atoms with Crippen molar-refractivity contribution in [3.63, 3.8) is 0 Å².